The van der Waals surface area contributed by atoms with Crippen LogP contribution in [0.2, 0.25) is 5.02 Å². The van der Waals surface area contributed by atoms with E-state index >= 15 is 0 Å². The molecule has 0 spiro atoms. The van der Waals surface area contributed by atoms with Crippen LogP contribution in [-0.4, -0.2) is 35.8 Å². The van der Waals surface area contributed by atoms with E-state index in [2.05, 4.69) is 15.9 Å². The number of rotatable bonds is 2. The Labute approximate surface area is 154 Å². The molecule has 0 N–H and O–H groups in total. The number of piperazine rings is 1. The van der Waals surface area contributed by atoms with Crippen LogP contribution < -0.4 is 4.90 Å². The van der Waals surface area contributed by atoms with Crippen molar-refractivity contribution < 1.29 is 9.59 Å². The summed E-state index contributed by atoms with van der Waals surface area (Å²) in [6, 6.07) is 13.8. The summed E-state index contributed by atoms with van der Waals surface area (Å²) >= 11 is 9.25. The molecule has 0 aromatic heterocycles. The van der Waals surface area contributed by atoms with E-state index in [4.69, 9.17) is 11.6 Å². The van der Waals surface area contributed by atoms with Gasteiger partial charge in [0.1, 0.15) is 6.04 Å². The molecule has 0 saturated carbocycles. The second kappa shape index (κ2) is 6.95. The van der Waals surface area contributed by atoms with Gasteiger partial charge in [-0.2, -0.15) is 0 Å². The Morgan fingerprint density at radius 1 is 1.08 bits per heavy atom. The van der Waals surface area contributed by atoms with Crippen LogP contribution in [0.25, 0.3) is 0 Å². The Morgan fingerprint density at radius 2 is 1.71 bits per heavy atom. The van der Waals surface area contributed by atoms with Gasteiger partial charge < -0.3 is 9.80 Å². The fraction of sp³-hybridized carbons (Fsp3) is 0.222. The highest BCUT2D eigenvalue weighted by atomic mass is 79.9. The summed E-state index contributed by atoms with van der Waals surface area (Å²) in [4.78, 5) is 28.7. The first-order valence-corrected chi connectivity index (χ1v) is 8.78. The third-order valence-electron chi connectivity index (χ3n) is 4.15. The smallest absolute Gasteiger partial charge is 0.254 e. The van der Waals surface area contributed by atoms with Crippen LogP contribution in [0.15, 0.2) is 53.0 Å². The second-order valence-corrected chi connectivity index (χ2v) is 7.00. The molecule has 1 atom stereocenters. The maximum absolute atomic E-state index is 12.7. The van der Waals surface area contributed by atoms with E-state index in [9.17, 15) is 9.59 Å². The van der Waals surface area contributed by atoms with Crippen molar-refractivity contribution in [1.82, 2.24) is 4.90 Å². The lowest BCUT2D eigenvalue weighted by molar-refractivity contribution is -0.124. The van der Waals surface area contributed by atoms with Crippen molar-refractivity contribution in [3.8, 4) is 0 Å². The molecule has 3 rings (SSSR count). The van der Waals surface area contributed by atoms with Gasteiger partial charge in [-0.1, -0.05) is 27.5 Å². The monoisotopic (exact) mass is 406 g/mol. The first-order valence-electron chi connectivity index (χ1n) is 7.61. The van der Waals surface area contributed by atoms with Crippen LogP contribution in [-0.2, 0) is 4.79 Å². The maximum Gasteiger partial charge on any atom is 0.254 e. The Hall–Kier alpha value is -1.85. The summed E-state index contributed by atoms with van der Waals surface area (Å²) in [5, 5.41) is 0.579. The van der Waals surface area contributed by atoms with Gasteiger partial charge in [0.25, 0.3) is 5.91 Å². The molecule has 2 aromatic carbocycles. The van der Waals surface area contributed by atoms with E-state index in [1.807, 2.05) is 24.3 Å². The molecule has 0 bridgehead atoms. The van der Waals surface area contributed by atoms with Crippen LogP contribution in [0.5, 0.6) is 0 Å². The van der Waals surface area contributed by atoms with E-state index in [1.54, 1.807) is 41.0 Å². The average molecular weight is 408 g/mol. The molecule has 1 aliphatic rings. The lowest BCUT2D eigenvalue weighted by atomic mass is 10.1. The molecule has 24 heavy (non-hydrogen) atoms. The van der Waals surface area contributed by atoms with Crippen LogP contribution >= 0.6 is 27.5 Å². The lowest BCUT2D eigenvalue weighted by Crippen LogP contribution is -2.57. The molecule has 1 aliphatic heterocycles. The number of anilines is 1. The highest BCUT2D eigenvalue weighted by Gasteiger charge is 2.35. The Kier molecular flexibility index (Phi) is 4.92. The summed E-state index contributed by atoms with van der Waals surface area (Å²) in [6.07, 6.45) is 0. The van der Waals surface area contributed by atoms with Crippen molar-refractivity contribution in [1.29, 1.82) is 0 Å². The average Bonchev–Trinajstić information content (AvgIpc) is 2.58. The lowest BCUT2D eigenvalue weighted by Gasteiger charge is -2.39. The summed E-state index contributed by atoms with van der Waals surface area (Å²) in [7, 11) is 0. The summed E-state index contributed by atoms with van der Waals surface area (Å²) in [5.74, 6) is -0.228. The third kappa shape index (κ3) is 3.32. The molecule has 124 valence electrons. The van der Waals surface area contributed by atoms with Gasteiger partial charge >= 0.3 is 0 Å². The number of carbonyl (C=O) groups is 2. The predicted molar refractivity (Wildman–Crippen MR) is 98.4 cm³/mol. The molecule has 6 heteroatoms. The first kappa shape index (κ1) is 17.0. The predicted octanol–water partition coefficient (Wildman–Crippen LogP) is 3.98. The van der Waals surface area contributed by atoms with Gasteiger partial charge in [-0.05, 0) is 55.5 Å². The van der Waals surface area contributed by atoms with Gasteiger partial charge in [0.05, 0.1) is 0 Å². The molecule has 4 nitrogen and oxygen atoms in total. The molecule has 0 aliphatic carbocycles. The summed E-state index contributed by atoms with van der Waals surface area (Å²) in [6.45, 7) is 2.73. The van der Waals surface area contributed by atoms with Gasteiger partial charge in [-0.25, -0.2) is 0 Å². The molecule has 1 heterocycles. The number of carbonyl (C=O) groups excluding carboxylic acids is 2. The van der Waals surface area contributed by atoms with E-state index in [0.29, 0.717) is 23.7 Å². The van der Waals surface area contributed by atoms with E-state index < -0.39 is 6.04 Å². The fourth-order valence-corrected chi connectivity index (χ4v) is 3.17. The SMILES string of the molecule is CC1C(=O)N(c2ccc(Br)cc2)CCN1C(=O)c1ccc(Cl)cc1. The number of benzene rings is 2. The maximum atomic E-state index is 12.7. The van der Waals surface area contributed by atoms with Crippen molar-refractivity contribution in [2.75, 3.05) is 18.0 Å². The van der Waals surface area contributed by atoms with Crippen LogP contribution in [0.3, 0.4) is 0 Å². The van der Waals surface area contributed by atoms with Crippen molar-refractivity contribution >= 4 is 45.0 Å². The summed E-state index contributed by atoms with van der Waals surface area (Å²) in [5.41, 5.74) is 1.38. The highest BCUT2D eigenvalue weighted by Crippen LogP contribution is 2.24. The zero-order chi connectivity index (χ0) is 17.3. The van der Waals surface area contributed by atoms with Gasteiger partial charge in [-0.15, -0.1) is 0 Å². The first-order chi connectivity index (χ1) is 11.5. The Morgan fingerprint density at radius 3 is 2.33 bits per heavy atom. The number of amides is 2. The quantitative estimate of drug-likeness (QED) is 0.755. The van der Waals surface area contributed by atoms with Crippen LogP contribution in [0.1, 0.15) is 17.3 Å². The van der Waals surface area contributed by atoms with Crippen molar-refractivity contribution in [2.24, 2.45) is 0 Å². The number of halogens is 2. The molecule has 1 saturated heterocycles. The molecule has 2 amide bonds. The second-order valence-electron chi connectivity index (χ2n) is 5.65. The molecule has 1 unspecified atom stereocenters. The van der Waals surface area contributed by atoms with E-state index in [-0.39, 0.29) is 11.8 Å². The number of hydrogen-bond donors (Lipinski definition) is 0. The van der Waals surface area contributed by atoms with Crippen molar-refractivity contribution in [3.05, 3.63) is 63.6 Å². The number of hydrogen-bond acceptors (Lipinski definition) is 2. The zero-order valence-electron chi connectivity index (χ0n) is 13.1. The molecule has 2 aromatic rings. The zero-order valence-corrected chi connectivity index (χ0v) is 15.4. The minimum atomic E-state index is -0.509. The highest BCUT2D eigenvalue weighted by molar-refractivity contribution is 9.10. The normalized spacial score (nSPS) is 18.0. The van der Waals surface area contributed by atoms with Crippen LogP contribution in [0.4, 0.5) is 5.69 Å². The van der Waals surface area contributed by atoms with Crippen molar-refractivity contribution in [2.45, 2.75) is 13.0 Å². The minimum Gasteiger partial charge on any atom is -0.325 e. The molecular weight excluding hydrogens is 392 g/mol. The van der Waals surface area contributed by atoms with Crippen molar-refractivity contribution in [3.63, 3.8) is 0 Å². The third-order valence-corrected chi connectivity index (χ3v) is 4.93. The molecule has 1 fully saturated rings. The largest absolute Gasteiger partial charge is 0.325 e. The molecular formula is C18H16BrClN2O2. The fourth-order valence-electron chi connectivity index (χ4n) is 2.78. The van der Waals surface area contributed by atoms with Gasteiger partial charge in [-0.3, -0.25) is 9.59 Å². The van der Waals surface area contributed by atoms with Gasteiger partial charge in [0.2, 0.25) is 5.91 Å². The standard InChI is InChI=1S/C18H16BrClN2O2/c1-12-17(23)22(16-8-4-14(19)5-9-16)11-10-21(12)18(24)13-2-6-15(20)7-3-13/h2-9,12H,10-11H2,1H3. The van der Waals surface area contributed by atoms with Gasteiger partial charge in [0, 0.05) is 33.8 Å². The Balaban J connectivity index is 1.78. The Bertz CT molecular complexity index is 762. The number of nitrogens with zero attached hydrogens (tertiary/aromatic N) is 2. The molecule has 0 radical (unpaired) electrons. The summed E-state index contributed by atoms with van der Waals surface area (Å²) < 4.78 is 0.961. The minimum absolute atomic E-state index is 0.0779. The topological polar surface area (TPSA) is 40.6 Å². The van der Waals surface area contributed by atoms with Gasteiger partial charge in [0.15, 0.2) is 0 Å². The van der Waals surface area contributed by atoms with E-state index in [0.717, 1.165) is 10.2 Å². The van der Waals surface area contributed by atoms with Crippen LogP contribution in [0, 0.1) is 0 Å². The van der Waals surface area contributed by atoms with E-state index in [1.165, 1.54) is 0 Å².